The average molecular weight is 676 g/mol. The smallest absolute Gasteiger partial charge is 0.259 e. The van der Waals surface area contributed by atoms with Crippen LogP contribution >= 0.6 is 15.9 Å². The van der Waals surface area contributed by atoms with E-state index in [0.29, 0.717) is 35.9 Å². The van der Waals surface area contributed by atoms with Crippen LogP contribution in [0.2, 0.25) is 0 Å². The van der Waals surface area contributed by atoms with E-state index in [9.17, 15) is 13.2 Å². The third-order valence-electron chi connectivity index (χ3n) is 7.87. The molecule has 2 heterocycles. The summed E-state index contributed by atoms with van der Waals surface area (Å²) in [5.41, 5.74) is 1.56. The Labute approximate surface area is 265 Å². The van der Waals surface area contributed by atoms with Gasteiger partial charge in [-0.05, 0) is 54.1 Å². The summed E-state index contributed by atoms with van der Waals surface area (Å²) in [6.07, 6.45) is 0.0393. The molecule has 10 heteroatoms. The molecule has 0 fully saturated rings. The highest BCUT2D eigenvalue weighted by Crippen LogP contribution is 2.50. The summed E-state index contributed by atoms with van der Waals surface area (Å²) >= 11 is 3.64. The Kier molecular flexibility index (Phi) is 8.57. The van der Waals surface area contributed by atoms with E-state index in [4.69, 9.17) is 19.6 Å². The van der Waals surface area contributed by atoms with Gasteiger partial charge in [-0.3, -0.25) is 4.79 Å². The van der Waals surface area contributed by atoms with Crippen molar-refractivity contribution in [1.82, 2.24) is 0 Å². The molecular weight excluding hydrogens is 644 g/mol. The SMILES string of the molecule is O=C1N(CCS(=O)(=O)c2ccccc2)c2ccccc2[C@@H]2OC(c3ccc(OCCCO)cc3)=N[C@]12Cc1ccccc1Br. The van der Waals surface area contributed by atoms with Gasteiger partial charge in [0.1, 0.15) is 5.75 Å². The second-order valence-corrected chi connectivity index (χ2v) is 13.7. The van der Waals surface area contributed by atoms with Gasteiger partial charge in [0.05, 0.1) is 22.9 Å². The zero-order chi connectivity index (χ0) is 30.7. The lowest BCUT2D eigenvalue weighted by atomic mass is 9.78. The quantitative estimate of drug-likeness (QED) is 0.210. The summed E-state index contributed by atoms with van der Waals surface area (Å²) in [4.78, 5) is 21.5. The fourth-order valence-electron chi connectivity index (χ4n) is 5.65. The van der Waals surface area contributed by atoms with Crippen LogP contribution in [0.5, 0.6) is 5.75 Å². The Morgan fingerprint density at radius 3 is 2.39 bits per heavy atom. The third-order valence-corrected chi connectivity index (χ3v) is 10.4. The molecular formula is C34H31BrN2O6S. The van der Waals surface area contributed by atoms with Gasteiger partial charge in [0.15, 0.2) is 21.5 Å². The van der Waals surface area contributed by atoms with Crippen molar-refractivity contribution >= 4 is 43.3 Å². The molecule has 44 heavy (non-hydrogen) atoms. The van der Waals surface area contributed by atoms with E-state index < -0.39 is 21.5 Å². The van der Waals surface area contributed by atoms with Gasteiger partial charge in [0.25, 0.3) is 5.91 Å². The first-order valence-corrected chi connectivity index (χ1v) is 16.8. The molecule has 226 valence electrons. The Morgan fingerprint density at radius 2 is 1.64 bits per heavy atom. The Balaban J connectivity index is 1.40. The number of aliphatic hydroxyl groups is 1. The Bertz CT molecular complexity index is 1800. The number of aliphatic hydroxyl groups excluding tert-OH is 1. The van der Waals surface area contributed by atoms with Crippen LogP contribution in [-0.2, 0) is 25.8 Å². The maximum absolute atomic E-state index is 14.7. The highest BCUT2D eigenvalue weighted by atomic mass is 79.9. The molecule has 0 aromatic heterocycles. The Hall–Kier alpha value is -3.99. The van der Waals surface area contributed by atoms with Gasteiger partial charge < -0.3 is 19.5 Å². The molecule has 2 atom stereocenters. The third kappa shape index (κ3) is 5.77. The molecule has 0 spiro atoms. The molecule has 1 amide bonds. The first-order valence-electron chi connectivity index (χ1n) is 14.3. The number of aliphatic imine (C=N–C) groups is 1. The van der Waals surface area contributed by atoms with Gasteiger partial charge in [-0.2, -0.15) is 0 Å². The molecule has 8 nitrogen and oxygen atoms in total. The van der Waals surface area contributed by atoms with E-state index in [1.807, 2.05) is 60.7 Å². The minimum atomic E-state index is -3.65. The van der Waals surface area contributed by atoms with Crippen LogP contribution in [0.3, 0.4) is 0 Å². The van der Waals surface area contributed by atoms with Crippen molar-refractivity contribution in [1.29, 1.82) is 0 Å². The van der Waals surface area contributed by atoms with Crippen molar-refractivity contribution in [2.75, 3.05) is 30.4 Å². The van der Waals surface area contributed by atoms with Gasteiger partial charge in [-0.1, -0.05) is 70.5 Å². The van der Waals surface area contributed by atoms with Crippen LogP contribution in [0, 0.1) is 0 Å². The summed E-state index contributed by atoms with van der Waals surface area (Å²) in [6.45, 7) is 0.405. The van der Waals surface area contributed by atoms with Crippen LogP contribution in [0.4, 0.5) is 5.69 Å². The number of anilines is 1. The molecule has 0 unspecified atom stereocenters. The number of halogens is 1. The predicted molar refractivity (Wildman–Crippen MR) is 172 cm³/mol. The molecule has 2 aliphatic heterocycles. The standard InChI is InChI=1S/C34H31BrN2O6S/c35-29-13-6-4-9-25(29)23-34-31(43-32(36-34)24-15-17-26(18-16-24)42-21-8-20-38)28-12-5-7-14-30(28)37(33(34)39)19-22-44(40,41)27-10-2-1-3-11-27/h1-7,9-18,31,38H,8,19-23H2/t31-,34-/m0/s1. The van der Waals surface area contributed by atoms with Crippen LogP contribution < -0.4 is 9.64 Å². The lowest BCUT2D eigenvalue weighted by Crippen LogP contribution is -2.56. The Morgan fingerprint density at radius 1 is 0.932 bits per heavy atom. The summed E-state index contributed by atoms with van der Waals surface area (Å²) < 4.78 is 39.6. The van der Waals surface area contributed by atoms with E-state index in [2.05, 4.69) is 15.9 Å². The topological polar surface area (TPSA) is 106 Å². The van der Waals surface area contributed by atoms with Crippen molar-refractivity contribution in [2.45, 2.75) is 29.4 Å². The van der Waals surface area contributed by atoms with E-state index in [0.717, 1.165) is 15.6 Å². The number of hydrogen-bond acceptors (Lipinski definition) is 7. The number of carbonyl (C=O) groups excluding carboxylic acids is 1. The second-order valence-electron chi connectivity index (χ2n) is 10.7. The van der Waals surface area contributed by atoms with Crippen molar-refractivity contribution in [3.63, 3.8) is 0 Å². The molecule has 0 saturated carbocycles. The number of fused-ring (bicyclic) bond motifs is 3. The van der Waals surface area contributed by atoms with Crippen LogP contribution in [0.25, 0.3) is 0 Å². The molecule has 4 aromatic rings. The summed E-state index contributed by atoms with van der Waals surface area (Å²) in [7, 11) is -3.65. The zero-order valence-electron chi connectivity index (χ0n) is 23.8. The maximum Gasteiger partial charge on any atom is 0.259 e. The molecule has 0 radical (unpaired) electrons. The second kappa shape index (κ2) is 12.6. The van der Waals surface area contributed by atoms with Crippen molar-refractivity contribution in [3.05, 3.63) is 124 Å². The van der Waals surface area contributed by atoms with Gasteiger partial charge >= 0.3 is 0 Å². The number of amides is 1. The number of rotatable bonds is 11. The highest BCUT2D eigenvalue weighted by Gasteiger charge is 2.58. The van der Waals surface area contributed by atoms with E-state index >= 15 is 0 Å². The molecule has 0 aliphatic carbocycles. The fourth-order valence-corrected chi connectivity index (χ4v) is 7.31. The molecule has 1 N–H and O–H groups in total. The summed E-state index contributed by atoms with van der Waals surface area (Å²) in [6, 6.07) is 30.7. The van der Waals surface area contributed by atoms with E-state index in [1.165, 1.54) is 0 Å². The van der Waals surface area contributed by atoms with E-state index in [1.54, 1.807) is 47.4 Å². The minimum absolute atomic E-state index is 0.0395. The van der Waals surface area contributed by atoms with Gasteiger partial charge in [-0.15, -0.1) is 0 Å². The lowest BCUT2D eigenvalue weighted by Gasteiger charge is -2.41. The normalized spacial score (nSPS) is 19.1. The first-order chi connectivity index (χ1) is 21.3. The summed E-state index contributed by atoms with van der Waals surface area (Å²) in [5.74, 6) is 0.403. The average Bonchev–Trinajstić information content (AvgIpc) is 3.44. The number of benzene rings is 4. The number of nitrogens with zero attached hydrogens (tertiary/aromatic N) is 2. The molecule has 6 rings (SSSR count). The monoisotopic (exact) mass is 674 g/mol. The number of carbonyl (C=O) groups is 1. The minimum Gasteiger partial charge on any atom is -0.494 e. The van der Waals surface area contributed by atoms with Gasteiger partial charge in [-0.25, -0.2) is 13.4 Å². The van der Waals surface area contributed by atoms with E-state index in [-0.39, 0.29) is 36.1 Å². The number of sulfone groups is 1. The zero-order valence-corrected chi connectivity index (χ0v) is 26.2. The summed E-state index contributed by atoms with van der Waals surface area (Å²) in [5, 5.41) is 9.04. The van der Waals surface area contributed by atoms with Crippen LogP contribution in [-0.4, -0.2) is 56.4 Å². The molecule has 2 aliphatic rings. The van der Waals surface area contributed by atoms with Crippen molar-refractivity contribution in [3.8, 4) is 5.75 Å². The highest BCUT2D eigenvalue weighted by molar-refractivity contribution is 9.10. The molecule has 0 saturated heterocycles. The van der Waals surface area contributed by atoms with Gasteiger partial charge in [0.2, 0.25) is 5.90 Å². The lowest BCUT2D eigenvalue weighted by molar-refractivity contribution is -0.127. The maximum atomic E-state index is 14.7. The largest absolute Gasteiger partial charge is 0.494 e. The van der Waals surface area contributed by atoms with Crippen LogP contribution in [0.1, 0.15) is 29.2 Å². The molecule has 4 aromatic carbocycles. The van der Waals surface area contributed by atoms with Gasteiger partial charge in [0, 0.05) is 41.6 Å². The van der Waals surface area contributed by atoms with Crippen molar-refractivity contribution in [2.24, 2.45) is 4.99 Å². The fraction of sp³-hybridized carbons (Fsp3) is 0.235. The first kappa shape index (κ1) is 30.1. The number of para-hydroxylation sites is 1. The predicted octanol–water partition coefficient (Wildman–Crippen LogP) is 5.53. The van der Waals surface area contributed by atoms with Crippen molar-refractivity contribution < 1.29 is 27.8 Å². The number of ether oxygens (including phenoxy) is 2. The number of hydrogen-bond donors (Lipinski definition) is 1. The van der Waals surface area contributed by atoms with Crippen LogP contribution in [0.15, 0.2) is 117 Å². The molecule has 0 bridgehead atoms.